The van der Waals surface area contributed by atoms with Crippen LogP contribution >= 0.6 is 27.3 Å². The summed E-state index contributed by atoms with van der Waals surface area (Å²) in [5.74, 6) is -0.932. The van der Waals surface area contributed by atoms with Gasteiger partial charge in [0, 0.05) is 6.20 Å². The molecule has 0 aromatic carbocycles. The molecule has 2 aromatic rings. The van der Waals surface area contributed by atoms with Crippen LogP contribution in [0.2, 0.25) is 0 Å². The molecular formula is C15H15BrFN3O2S2. The van der Waals surface area contributed by atoms with Gasteiger partial charge in [0.25, 0.3) is 0 Å². The lowest BCUT2D eigenvalue weighted by Gasteiger charge is -2.38. The van der Waals surface area contributed by atoms with Gasteiger partial charge in [-0.2, -0.15) is 0 Å². The van der Waals surface area contributed by atoms with Gasteiger partial charge in [0.1, 0.15) is 17.2 Å². The Morgan fingerprint density at radius 1 is 1.38 bits per heavy atom. The summed E-state index contributed by atoms with van der Waals surface area (Å²) in [6.45, 7) is 3.07. The van der Waals surface area contributed by atoms with Gasteiger partial charge in [0.05, 0.1) is 20.1 Å². The van der Waals surface area contributed by atoms with Crippen molar-refractivity contribution in [3.63, 3.8) is 0 Å². The minimum atomic E-state index is -3.78. The first kappa shape index (κ1) is 17.5. The number of aliphatic imine (C=N–C) groups is 1. The molecule has 0 spiro atoms. The Labute approximate surface area is 151 Å². The van der Waals surface area contributed by atoms with E-state index in [1.54, 1.807) is 25.1 Å². The third-order valence-corrected chi connectivity index (χ3v) is 8.72. The van der Waals surface area contributed by atoms with E-state index in [0.29, 0.717) is 9.48 Å². The van der Waals surface area contributed by atoms with Crippen molar-refractivity contribution in [1.29, 1.82) is 0 Å². The molecule has 2 atom stereocenters. The molecule has 0 aliphatic carbocycles. The van der Waals surface area contributed by atoms with E-state index in [1.165, 1.54) is 19.2 Å². The first-order chi connectivity index (χ1) is 11.1. The van der Waals surface area contributed by atoms with Crippen molar-refractivity contribution in [2.45, 2.75) is 24.1 Å². The normalized spacial score (nSPS) is 29.2. The lowest BCUT2D eigenvalue weighted by molar-refractivity contribution is 0.482. The van der Waals surface area contributed by atoms with E-state index in [0.717, 1.165) is 11.3 Å². The van der Waals surface area contributed by atoms with Crippen LogP contribution < -0.4 is 5.73 Å². The first-order valence-corrected chi connectivity index (χ1v) is 10.3. The van der Waals surface area contributed by atoms with Crippen molar-refractivity contribution < 1.29 is 12.8 Å². The fourth-order valence-corrected chi connectivity index (χ4v) is 6.51. The van der Waals surface area contributed by atoms with Crippen molar-refractivity contribution in [2.24, 2.45) is 10.7 Å². The van der Waals surface area contributed by atoms with Crippen molar-refractivity contribution in [3.05, 3.63) is 50.6 Å². The van der Waals surface area contributed by atoms with Gasteiger partial charge >= 0.3 is 0 Å². The Hall–Kier alpha value is -1.32. The highest BCUT2D eigenvalue weighted by Crippen LogP contribution is 2.44. The molecule has 2 aromatic heterocycles. The van der Waals surface area contributed by atoms with Gasteiger partial charge in [-0.25, -0.2) is 12.8 Å². The van der Waals surface area contributed by atoms with Gasteiger partial charge in [-0.15, -0.1) is 11.3 Å². The molecule has 128 valence electrons. The zero-order valence-electron chi connectivity index (χ0n) is 13.0. The first-order valence-electron chi connectivity index (χ1n) is 7.05. The molecule has 24 heavy (non-hydrogen) atoms. The maximum Gasteiger partial charge on any atom is 0.171 e. The van der Waals surface area contributed by atoms with Gasteiger partial charge in [-0.3, -0.25) is 9.98 Å². The highest BCUT2D eigenvalue weighted by atomic mass is 79.9. The topological polar surface area (TPSA) is 85.4 Å². The number of sulfone groups is 1. The summed E-state index contributed by atoms with van der Waals surface area (Å²) in [4.78, 5) is 8.79. The average molecular weight is 432 g/mol. The monoisotopic (exact) mass is 431 g/mol. The summed E-state index contributed by atoms with van der Waals surface area (Å²) in [7, 11) is -3.78. The van der Waals surface area contributed by atoms with Crippen molar-refractivity contribution in [3.8, 4) is 0 Å². The number of thiophene rings is 1. The maximum absolute atomic E-state index is 14.2. The summed E-state index contributed by atoms with van der Waals surface area (Å²) < 4.78 is 39.4. The fourth-order valence-electron chi connectivity index (χ4n) is 2.84. The molecule has 0 saturated carbocycles. The smallest absolute Gasteiger partial charge is 0.171 e. The van der Waals surface area contributed by atoms with E-state index in [2.05, 4.69) is 25.9 Å². The van der Waals surface area contributed by atoms with Crippen LogP contribution in [-0.2, 0) is 20.1 Å². The number of hydrogen-bond donors (Lipinski definition) is 1. The minimum absolute atomic E-state index is 0.0844. The number of aromatic nitrogens is 1. The largest absolute Gasteiger partial charge is 0.386 e. The van der Waals surface area contributed by atoms with Gasteiger partial charge < -0.3 is 5.73 Å². The Morgan fingerprint density at radius 3 is 2.58 bits per heavy atom. The Morgan fingerprint density at radius 2 is 2.08 bits per heavy atom. The summed E-state index contributed by atoms with van der Waals surface area (Å²) in [5.41, 5.74) is 5.13. The minimum Gasteiger partial charge on any atom is -0.386 e. The molecule has 1 aliphatic rings. The molecule has 2 N–H and O–H groups in total. The predicted molar refractivity (Wildman–Crippen MR) is 96.3 cm³/mol. The molecule has 0 bridgehead atoms. The van der Waals surface area contributed by atoms with Gasteiger partial charge in [0.2, 0.25) is 0 Å². The number of nitrogens with zero attached hydrogens (tertiary/aromatic N) is 2. The molecular weight excluding hydrogens is 417 g/mol. The van der Waals surface area contributed by atoms with Gasteiger partial charge in [-0.05, 0) is 48.0 Å². The van der Waals surface area contributed by atoms with Crippen LogP contribution in [0, 0.1) is 5.82 Å². The Bertz CT molecular complexity index is 929. The van der Waals surface area contributed by atoms with E-state index in [9.17, 15) is 12.8 Å². The standard InChI is InChI=1S/C15H15BrFN3O2S2/c1-14(12-9(17)7-11(16)23-12)8-24(21,22)15(2,13(18)20-14)10-5-3-4-6-19-10/h3-7H,8H2,1-2H3,(H2,18,20). The van der Waals surface area contributed by atoms with E-state index >= 15 is 0 Å². The highest BCUT2D eigenvalue weighted by molar-refractivity contribution is 9.11. The number of nitrogens with two attached hydrogens (primary N) is 1. The number of rotatable bonds is 2. The molecule has 0 saturated heterocycles. The molecule has 3 heterocycles. The van der Waals surface area contributed by atoms with Crippen LogP contribution in [-0.4, -0.2) is 25.0 Å². The van der Waals surface area contributed by atoms with Crippen LogP contribution in [0.25, 0.3) is 0 Å². The van der Waals surface area contributed by atoms with Crippen LogP contribution in [0.15, 0.2) is 39.2 Å². The summed E-state index contributed by atoms with van der Waals surface area (Å²) in [6.07, 6.45) is 1.51. The number of hydrogen-bond acceptors (Lipinski definition) is 6. The van der Waals surface area contributed by atoms with Crippen LogP contribution in [0.4, 0.5) is 4.39 Å². The number of halogens is 2. The molecule has 0 amide bonds. The van der Waals surface area contributed by atoms with Gasteiger partial charge in [0.15, 0.2) is 14.6 Å². The molecule has 9 heteroatoms. The summed E-state index contributed by atoms with van der Waals surface area (Å²) >= 11 is 4.33. The van der Waals surface area contributed by atoms with E-state index < -0.39 is 25.9 Å². The summed E-state index contributed by atoms with van der Waals surface area (Å²) in [5, 5.41) is 0. The van der Waals surface area contributed by atoms with E-state index in [4.69, 9.17) is 5.73 Å². The third-order valence-electron chi connectivity index (χ3n) is 4.25. The van der Waals surface area contributed by atoms with Crippen LogP contribution in [0.1, 0.15) is 24.4 Å². The molecule has 0 fully saturated rings. The quantitative estimate of drug-likeness (QED) is 0.791. The molecule has 0 radical (unpaired) electrons. The molecule has 5 nitrogen and oxygen atoms in total. The molecule has 1 aliphatic heterocycles. The second kappa shape index (κ2) is 5.60. The van der Waals surface area contributed by atoms with Crippen LogP contribution in [0.3, 0.4) is 0 Å². The number of amidine groups is 1. The third kappa shape index (κ3) is 2.49. The maximum atomic E-state index is 14.2. The second-order valence-corrected chi connectivity index (χ2v) is 10.8. The Kier molecular flexibility index (Phi) is 4.09. The van der Waals surface area contributed by atoms with Crippen molar-refractivity contribution in [1.82, 2.24) is 4.98 Å². The molecule has 3 rings (SSSR count). The zero-order chi connectivity index (χ0) is 17.8. The lowest BCUT2D eigenvalue weighted by atomic mass is 9.99. The number of pyridine rings is 1. The van der Waals surface area contributed by atoms with Crippen LogP contribution in [0.5, 0.6) is 0 Å². The van der Waals surface area contributed by atoms with Crippen molar-refractivity contribution in [2.75, 3.05) is 5.75 Å². The predicted octanol–water partition coefficient (Wildman–Crippen LogP) is 2.96. The zero-order valence-corrected chi connectivity index (χ0v) is 16.2. The van der Waals surface area contributed by atoms with E-state index in [1.807, 2.05) is 0 Å². The Balaban J connectivity index is 2.22. The van der Waals surface area contributed by atoms with Crippen molar-refractivity contribution >= 4 is 42.9 Å². The average Bonchev–Trinajstić information content (AvgIpc) is 2.84. The molecule has 2 unspecified atom stereocenters. The fraction of sp³-hybridized carbons (Fsp3) is 0.333. The highest BCUT2D eigenvalue weighted by Gasteiger charge is 2.54. The lowest BCUT2D eigenvalue weighted by Crippen LogP contribution is -2.54. The second-order valence-electron chi connectivity index (χ2n) is 6.01. The summed E-state index contributed by atoms with van der Waals surface area (Å²) in [6, 6.07) is 6.29. The van der Waals surface area contributed by atoms with Gasteiger partial charge in [-0.1, -0.05) is 6.07 Å². The SMILES string of the molecule is CC1(c2sc(Br)cc2F)CS(=O)(=O)C(C)(c2ccccn2)C(N)=N1. The van der Waals surface area contributed by atoms with E-state index in [-0.39, 0.29) is 16.5 Å².